The van der Waals surface area contributed by atoms with Gasteiger partial charge in [-0.2, -0.15) is 0 Å². The first-order valence-corrected chi connectivity index (χ1v) is 10.8. The maximum Gasteiger partial charge on any atom is 0.330 e. The fourth-order valence-electron chi connectivity index (χ4n) is 3.30. The van der Waals surface area contributed by atoms with Crippen molar-refractivity contribution < 1.29 is 28.5 Å². The summed E-state index contributed by atoms with van der Waals surface area (Å²) < 4.78 is 21.0. The second-order valence-electron chi connectivity index (χ2n) is 8.25. The SMILES string of the molecule is C=CC(=O)OCCOc1ccc(CC(C)(C)Cc2ccc(OCCOC(=O)C=C)cc2)cc1. The Bertz CT molecular complexity index is 837. The monoisotopic (exact) mass is 452 g/mol. The molecule has 0 radical (unpaired) electrons. The molecule has 0 aromatic heterocycles. The van der Waals surface area contributed by atoms with Crippen molar-refractivity contribution in [2.75, 3.05) is 26.4 Å². The van der Waals surface area contributed by atoms with Crippen LogP contribution in [0, 0.1) is 5.41 Å². The Labute approximate surface area is 195 Å². The Kier molecular flexibility index (Phi) is 10.2. The molecule has 0 atom stereocenters. The second-order valence-corrected chi connectivity index (χ2v) is 8.25. The first-order valence-electron chi connectivity index (χ1n) is 10.8. The van der Waals surface area contributed by atoms with Crippen molar-refractivity contribution >= 4 is 11.9 Å². The molecule has 0 aliphatic heterocycles. The molecule has 0 saturated heterocycles. The summed E-state index contributed by atoms with van der Waals surface area (Å²) in [5.74, 6) is 0.567. The Hall–Kier alpha value is -3.54. The molecular weight excluding hydrogens is 420 g/mol. The minimum atomic E-state index is -0.454. The van der Waals surface area contributed by atoms with E-state index in [9.17, 15) is 9.59 Å². The molecular formula is C27H32O6. The molecule has 0 saturated carbocycles. The number of rotatable bonds is 14. The van der Waals surface area contributed by atoms with E-state index in [4.69, 9.17) is 18.9 Å². The van der Waals surface area contributed by atoms with Gasteiger partial charge in [0.25, 0.3) is 0 Å². The summed E-state index contributed by atoms with van der Waals surface area (Å²) >= 11 is 0. The van der Waals surface area contributed by atoms with Crippen molar-refractivity contribution in [1.29, 1.82) is 0 Å². The van der Waals surface area contributed by atoms with Crippen molar-refractivity contribution in [3.8, 4) is 11.5 Å². The summed E-state index contributed by atoms with van der Waals surface area (Å²) in [5, 5.41) is 0. The minimum absolute atomic E-state index is 0.0581. The number of carbonyl (C=O) groups excluding carboxylic acids is 2. The second kappa shape index (κ2) is 13.1. The lowest BCUT2D eigenvalue weighted by atomic mass is 9.80. The van der Waals surface area contributed by atoms with Crippen LogP contribution in [0.5, 0.6) is 11.5 Å². The molecule has 0 unspecified atom stereocenters. The molecule has 0 aliphatic rings. The van der Waals surface area contributed by atoms with Gasteiger partial charge < -0.3 is 18.9 Å². The van der Waals surface area contributed by atoms with Gasteiger partial charge >= 0.3 is 11.9 Å². The van der Waals surface area contributed by atoms with Crippen LogP contribution >= 0.6 is 0 Å². The molecule has 2 aromatic carbocycles. The standard InChI is InChI=1S/C27H32O6/c1-5-25(28)32-17-15-30-23-11-7-21(8-12-23)19-27(3,4)20-22-9-13-24(14-10-22)31-16-18-33-26(29)6-2/h5-14H,1-2,15-20H2,3-4H3. The molecule has 0 heterocycles. The average molecular weight is 453 g/mol. The van der Waals surface area contributed by atoms with Crippen molar-refractivity contribution in [1.82, 2.24) is 0 Å². The van der Waals surface area contributed by atoms with Crippen LogP contribution in [0.15, 0.2) is 73.8 Å². The van der Waals surface area contributed by atoms with E-state index in [2.05, 4.69) is 51.3 Å². The maximum atomic E-state index is 11.0. The predicted molar refractivity (Wildman–Crippen MR) is 127 cm³/mol. The van der Waals surface area contributed by atoms with Gasteiger partial charge in [0.2, 0.25) is 0 Å². The highest BCUT2D eigenvalue weighted by Crippen LogP contribution is 2.28. The Morgan fingerprint density at radius 3 is 1.39 bits per heavy atom. The van der Waals surface area contributed by atoms with E-state index in [-0.39, 0.29) is 18.6 Å². The fraction of sp³-hybridized carbons (Fsp3) is 0.333. The van der Waals surface area contributed by atoms with Crippen LogP contribution in [0.2, 0.25) is 0 Å². The molecule has 0 N–H and O–H groups in total. The van der Waals surface area contributed by atoms with Crippen LogP contribution in [-0.4, -0.2) is 38.4 Å². The number of benzene rings is 2. The van der Waals surface area contributed by atoms with Crippen LogP contribution in [-0.2, 0) is 31.9 Å². The van der Waals surface area contributed by atoms with Gasteiger partial charge in [0.05, 0.1) is 0 Å². The first kappa shape index (κ1) is 25.7. The van der Waals surface area contributed by atoms with E-state index in [0.29, 0.717) is 13.2 Å². The first-order chi connectivity index (χ1) is 15.8. The third-order valence-electron chi connectivity index (χ3n) is 4.74. The molecule has 0 aliphatic carbocycles. The zero-order valence-corrected chi connectivity index (χ0v) is 19.4. The molecule has 0 spiro atoms. The van der Waals surface area contributed by atoms with E-state index >= 15 is 0 Å². The third-order valence-corrected chi connectivity index (χ3v) is 4.74. The van der Waals surface area contributed by atoms with Gasteiger partial charge in [-0.25, -0.2) is 9.59 Å². The normalized spacial score (nSPS) is 10.7. The number of hydrogen-bond donors (Lipinski definition) is 0. The van der Waals surface area contributed by atoms with Crippen LogP contribution in [0.4, 0.5) is 0 Å². The summed E-state index contributed by atoms with van der Waals surface area (Å²) in [6, 6.07) is 16.0. The summed E-state index contributed by atoms with van der Waals surface area (Å²) in [6.07, 6.45) is 4.09. The highest BCUT2D eigenvalue weighted by atomic mass is 16.6. The Balaban J connectivity index is 1.78. The van der Waals surface area contributed by atoms with Gasteiger partial charge in [-0.3, -0.25) is 0 Å². The van der Waals surface area contributed by atoms with Crippen molar-refractivity contribution in [3.63, 3.8) is 0 Å². The van der Waals surface area contributed by atoms with Gasteiger partial charge in [-0.15, -0.1) is 0 Å². The minimum Gasteiger partial charge on any atom is -0.490 e. The van der Waals surface area contributed by atoms with E-state index in [1.165, 1.54) is 11.1 Å². The van der Waals surface area contributed by atoms with Gasteiger partial charge in [-0.05, 0) is 53.6 Å². The predicted octanol–water partition coefficient (Wildman–Crippen LogP) is 4.71. The highest BCUT2D eigenvalue weighted by Gasteiger charge is 2.19. The molecule has 0 amide bonds. The quantitative estimate of drug-likeness (QED) is 0.235. The van der Waals surface area contributed by atoms with Gasteiger partial charge in [0, 0.05) is 12.2 Å². The van der Waals surface area contributed by atoms with E-state index < -0.39 is 11.9 Å². The Morgan fingerprint density at radius 1 is 0.697 bits per heavy atom. The van der Waals surface area contributed by atoms with Crippen LogP contribution in [0.1, 0.15) is 25.0 Å². The third kappa shape index (κ3) is 10.1. The van der Waals surface area contributed by atoms with Crippen molar-refractivity contribution in [2.45, 2.75) is 26.7 Å². The average Bonchev–Trinajstić information content (AvgIpc) is 2.80. The number of carbonyl (C=O) groups is 2. The van der Waals surface area contributed by atoms with Crippen molar-refractivity contribution in [2.24, 2.45) is 5.41 Å². The van der Waals surface area contributed by atoms with Crippen LogP contribution in [0.3, 0.4) is 0 Å². The van der Waals surface area contributed by atoms with Crippen LogP contribution in [0.25, 0.3) is 0 Å². The summed E-state index contributed by atoms with van der Waals surface area (Å²) in [6.45, 7) is 12.1. The fourth-order valence-corrected chi connectivity index (χ4v) is 3.30. The lowest BCUT2D eigenvalue weighted by Crippen LogP contribution is -2.18. The highest BCUT2D eigenvalue weighted by molar-refractivity contribution is 5.81. The van der Waals surface area contributed by atoms with Gasteiger partial charge in [-0.1, -0.05) is 51.3 Å². The van der Waals surface area contributed by atoms with Gasteiger partial charge in [0.15, 0.2) is 0 Å². The lowest BCUT2D eigenvalue weighted by molar-refractivity contribution is -0.139. The summed E-state index contributed by atoms with van der Waals surface area (Å²) in [7, 11) is 0. The van der Waals surface area contributed by atoms with Crippen molar-refractivity contribution in [3.05, 3.63) is 85.0 Å². The smallest absolute Gasteiger partial charge is 0.330 e. The number of esters is 2. The maximum absolute atomic E-state index is 11.0. The van der Waals surface area contributed by atoms with Gasteiger partial charge in [0.1, 0.15) is 37.9 Å². The zero-order chi connectivity index (χ0) is 24.1. The zero-order valence-electron chi connectivity index (χ0n) is 19.4. The molecule has 6 heteroatoms. The number of hydrogen-bond acceptors (Lipinski definition) is 6. The molecule has 2 rings (SSSR count). The van der Waals surface area contributed by atoms with E-state index in [0.717, 1.165) is 36.5 Å². The lowest BCUT2D eigenvalue weighted by Gasteiger charge is -2.25. The molecule has 2 aromatic rings. The van der Waals surface area contributed by atoms with E-state index in [1.54, 1.807) is 0 Å². The summed E-state index contributed by atoms with van der Waals surface area (Å²) in [5.41, 5.74) is 2.50. The Morgan fingerprint density at radius 2 is 1.06 bits per heavy atom. The molecule has 0 fully saturated rings. The molecule has 176 valence electrons. The molecule has 33 heavy (non-hydrogen) atoms. The summed E-state index contributed by atoms with van der Waals surface area (Å²) in [4.78, 5) is 22.0. The number of ether oxygens (including phenoxy) is 4. The topological polar surface area (TPSA) is 71.1 Å². The largest absolute Gasteiger partial charge is 0.490 e. The molecule has 0 bridgehead atoms. The van der Waals surface area contributed by atoms with Crippen LogP contribution < -0.4 is 9.47 Å². The molecule has 6 nitrogen and oxygen atoms in total. The van der Waals surface area contributed by atoms with E-state index in [1.807, 2.05) is 24.3 Å².